The molecular formula is C11H17F3O4. The standard InChI is InChI=1S/C11H17F3O4/c1-2-17-10(15)11(16)5-3-7(4-6-11)18-9(14)8(12)13/h7-9,16H,2-6H2,1H3. The lowest BCUT2D eigenvalue weighted by Crippen LogP contribution is -2.45. The zero-order chi connectivity index (χ0) is 13.8. The van der Waals surface area contributed by atoms with Gasteiger partial charge in [0.1, 0.15) is 0 Å². The average molecular weight is 270 g/mol. The molecule has 0 heterocycles. The highest BCUT2D eigenvalue weighted by Gasteiger charge is 2.42. The molecule has 0 amide bonds. The Kier molecular flexibility index (Phi) is 5.40. The minimum atomic E-state index is -3.18. The van der Waals surface area contributed by atoms with Crippen LogP contribution in [0.2, 0.25) is 0 Å². The van der Waals surface area contributed by atoms with Crippen LogP contribution in [-0.2, 0) is 14.3 Å². The summed E-state index contributed by atoms with van der Waals surface area (Å²) in [5.41, 5.74) is -1.60. The van der Waals surface area contributed by atoms with E-state index in [1.165, 1.54) is 0 Å². The van der Waals surface area contributed by atoms with Crippen molar-refractivity contribution in [2.45, 2.75) is 57.1 Å². The highest BCUT2D eigenvalue weighted by molar-refractivity contribution is 5.79. The molecule has 1 atom stereocenters. The quantitative estimate of drug-likeness (QED) is 0.774. The van der Waals surface area contributed by atoms with Crippen LogP contribution in [-0.4, -0.2) is 42.2 Å². The zero-order valence-electron chi connectivity index (χ0n) is 10.1. The minimum absolute atomic E-state index is 0.0203. The first-order chi connectivity index (χ1) is 8.39. The van der Waals surface area contributed by atoms with Gasteiger partial charge in [-0.25, -0.2) is 18.0 Å². The molecule has 0 bridgehead atoms. The molecule has 1 rings (SSSR count). The number of aliphatic hydroxyl groups is 1. The van der Waals surface area contributed by atoms with Crippen LogP contribution in [0.5, 0.6) is 0 Å². The van der Waals surface area contributed by atoms with Crippen LogP contribution in [0.3, 0.4) is 0 Å². The smallest absolute Gasteiger partial charge is 0.338 e. The normalized spacial score (nSPS) is 30.2. The summed E-state index contributed by atoms with van der Waals surface area (Å²) in [5, 5.41) is 9.96. The molecule has 106 valence electrons. The first-order valence-corrected chi connectivity index (χ1v) is 5.86. The molecule has 1 aliphatic carbocycles. The molecule has 1 saturated carbocycles. The number of carbonyl (C=O) groups is 1. The second-order valence-corrected chi connectivity index (χ2v) is 4.27. The Balaban J connectivity index is 2.43. The van der Waals surface area contributed by atoms with E-state index in [0.717, 1.165) is 0 Å². The van der Waals surface area contributed by atoms with Crippen molar-refractivity contribution >= 4 is 5.97 Å². The highest BCUT2D eigenvalue weighted by atomic mass is 19.3. The van der Waals surface area contributed by atoms with Crippen LogP contribution in [0.15, 0.2) is 0 Å². The molecule has 1 fully saturated rings. The Morgan fingerprint density at radius 1 is 1.39 bits per heavy atom. The van der Waals surface area contributed by atoms with Crippen LogP contribution >= 0.6 is 0 Å². The van der Waals surface area contributed by atoms with Gasteiger partial charge in [0.15, 0.2) is 5.60 Å². The van der Waals surface area contributed by atoms with Gasteiger partial charge in [0.25, 0.3) is 12.8 Å². The van der Waals surface area contributed by atoms with Crippen LogP contribution < -0.4 is 0 Å². The molecule has 0 aliphatic heterocycles. The van der Waals surface area contributed by atoms with E-state index < -0.39 is 30.5 Å². The van der Waals surface area contributed by atoms with E-state index in [1.54, 1.807) is 6.92 Å². The van der Waals surface area contributed by atoms with Gasteiger partial charge < -0.3 is 14.6 Å². The molecule has 0 radical (unpaired) electrons. The Morgan fingerprint density at radius 2 is 1.94 bits per heavy atom. The van der Waals surface area contributed by atoms with Gasteiger partial charge in [-0.2, -0.15) is 0 Å². The van der Waals surface area contributed by atoms with Gasteiger partial charge in [0.05, 0.1) is 12.7 Å². The van der Waals surface area contributed by atoms with Crippen molar-refractivity contribution in [1.82, 2.24) is 0 Å². The molecule has 18 heavy (non-hydrogen) atoms. The van der Waals surface area contributed by atoms with Crippen LogP contribution in [0.1, 0.15) is 32.6 Å². The number of ether oxygens (including phenoxy) is 2. The van der Waals surface area contributed by atoms with Gasteiger partial charge in [-0.1, -0.05) is 0 Å². The second kappa shape index (κ2) is 6.38. The number of alkyl halides is 3. The molecule has 4 nitrogen and oxygen atoms in total. The van der Waals surface area contributed by atoms with Gasteiger partial charge >= 0.3 is 5.97 Å². The molecule has 0 aromatic rings. The van der Waals surface area contributed by atoms with Crippen LogP contribution in [0, 0.1) is 0 Å². The van der Waals surface area contributed by atoms with Gasteiger partial charge in [-0.05, 0) is 32.6 Å². The van der Waals surface area contributed by atoms with Crippen LogP contribution in [0.4, 0.5) is 13.2 Å². The maximum atomic E-state index is 12.7. The fraction of sp³-hybridized carbons (Fsp3) is 0.909. The first kappa shape index (κ1) is 15.2. The maximum absolute atomic E-state index is 12.7. The third kappa shape index (κ3) is 3.84. The average Bonchev–Trinajstić information content (AvgIpc) is 2.32. The maximum Gasteiger partial charge on any atom is 0.338 e. The summed E-state index contributed by atoms with van der Waals surface area (Å²) in [6.45, 7) is 1.77. The van der Waals surface area contributed by atoms with Gasteiger partial charge in [0.2, 0.25) is 0 Å². The van der Waals surface area contributed by atoms with Crippen molar-refractivity contribution in [3.63, 3.8) is 0 Å². The van der Waals surface area contributed by atoms with E-state index in [1.807, 2.05) is 0 Å². The molecule has 0 aromatic carbocycles. The summed E-state index contributed by atoms with van der Waals surface area (Å²) >= 11 is 0. The van der Waals surface area contributed by atoms with Crippen molar-refractivity contribution < 1.29 is 32.5 Å². The lowest BCUT2D eigenvalue weighted by atomic mass is 9.83. The lowest BCUT2D eigenvalue weighted by molar-refractivity contribution is -0.187. The fourth-order valence-electron chi connectivity index (χ4n) is 1.92. The first-order valence-electron chi connectivity index (χ1n) is 5.86. The summed E-state index contributed by atoms with van der Waals surface area (Å²) < 4.78 is 45.8. The number of carbonyl (C=O) groups excluding carboxylic acids is 1. The number of halogens is 3. The van der Waals surface area contributed by atoms with Crippen molar-refractivity contribution in [1.29, 1.82) is 0 Å². The number of rotatable bonds is 5. The Hall–Kier alpha value is -0.820. The van der Waals surface area contributed by atoms with Gasteiger partial charge in [-0.3, -0.25) is 0 Å². The van der Waals surface area contributed by atoms with Crippen molar-refractivity contribution in [2.75, 3.05) is 6.61 Å². The number of hydrogen-bond acceptors (Lipinski definition) is 4. The van der Waals surface area contributed by atoms with Crippen molar-refractivity contribution in [3.8, 4) is 0 Å². The molecule has 1 unspecified atom stereocenters. The van der Waals surface area contributed by atoms with E-state index in [-0.39, 0.29) is 32.3 Å². The van der Waals surface area contributed by atoms with E-state index >= 15 is 0 Å². The third-order valence-corrected chi connectivity index (χ3v) is 2.94. The van der Waals surface area contributed by atoms with Crippen LogP contribution in [0.25, 0.3) is 0 Å². The molecule has 0 saturated heterocycles. The van der Waals surface area contributed by atoms with E-state index in [2.05, 4.69) is 4.74 Å². The number of esters is 1. The second-order valence-electron chi connectivity index (χ2n) is 4.27. The molecule has 0 aromatic heterocycles. The predicted molar refractivity (Wildman–Crippen MR) is 55.8 cm³/mol. The zero-order valence-corrected chi connectivity index (χ0v) is 10.1. The van der Waals surface area contributed by atoms with E-state index in [9.17, 15) is 23.1 Å². The minimum Gasteiger partial charge on any atom is -0.464 e. The molecule has 0 spiro atoms. The molecule has 1 aliphatic rings. The number of hydrogen-bond donors (Lipinski definition) is 1. The highest BCUT2D eigenvalue weighted by Crippen LogP contribution is 2.32. The topological polar surface area (TPSA) is 55.8 Å². The monoisotopic (exact) mass is 270 g/mol. The lowest BCUT2D eigenvalue weighted by Gasteiger charge is -2.34. The molecular weight excluding hydrogens is 253 g/mol. The summed E-state index contributed by atoms with van der Waals surface area (Å²) in [6, 6.07) is 0. The SMILES string of the molecule is CCOC(=O)C1(O)CCC(OC(F)C(F)F)CC1. The van der Waals surface area contributed by atoms with Gasteiger partial charge in [0, 0.05) is 0 Å². The molecule has 1 N–H and O–H groups in total. The Bertz CT molecular complexity index is 277. The predicted octanol–water partition coefficient (Wildman–Crippen LogP) is 1.80. The summed E-state index contributed by atoms with van der Waals surface area (Å²) in [4.78, 5) is 11.4. The third-order valence-electron chi connectivity index (χ3n) is 2.94. The molecule has 7 heteroatoms. The van der Waals surface area contributed by atoms with Crippen molar-refractivity contribution in [3.05, 3.63) is 0 Å². The Morgan fingerprint density at radius 3 is 2.39 bits per heavy atom. The largest absolute Gasteiger partial charge is 0.464 e. The van der Waals surface area contributed by atoms with E-state index in [0.29, 0.717) is 0 Å². The summed E-state index contributed by atoms with van der Waals surface area (Å²) in [6.07, 6.45) is -6.19. The summed E-state index contributed by atoms with van der Waals surface area (Å²) in [5.74, 6) is -0.728. The Labute approximate surface area is 103 Å². The summed E-state index contributed by atoms with van der Waals surface area (Å²) in [7, 11) is 0. The van der Waals surface area contributed by atoms with E-state index in [4.69, 9.17) is 4.74 Å². The van der Waals surface area contributed by atoms with Gasteiger partial charge in [-0.15, -0.1) is 0 Å². The fourth-order valence-corrected chi connectivity index (χ4v) is 1.92. The van der Waals surface area contributed by atoms with Crippen molar-refractivity contribution in [2.24, 2.45) is 0 Å².